The highest BCUT2D eigenvalue weighted by molar-refractivity contribution is 5.20. The predicted octanol–water partition coefficient (Wildman–Crippen LogP) is 4.33. The van der Waals surface area contributed by atoms with E-state index in [-0.39, 0.29) is 6.04 Å². The molecule has 18 heavy (non-hydrogen) atoms. The van der Waals surface area contributed by atoms with Gasteiger partial charge in [-0.15, -0.1) is 0 Å². The summed E-state index contributed by atoms with van der Waals surface area (Å²) in [6.45, 7) is 6.61. The third kappa shape index (κ3) is 3.02. The van der Waals surface area contributed by atoms with E-state index in [1.54, 1.807) is 6.26 Å². The molecule has 1 heterocycles. The van der Waals surface area contributed by atoms with Gasteiger partial charge in [0, 0.05) is 6.04 Å². The Balaban J connectivity index is 2.12. The fourth-order valence-electron chi connectivity index (χ4n) is 2.22. The van der Waals surface area contributed by atoms with E-state index in [4.69, 9.17) is 4.42 Å². The lowest BCUT2D eigenvalue weighted by Crippen LogP contribution is -2.28. The van der Waals surface area contributed by atoms with Gasteiger partial charge in [0.05, 0.1) is 12.3 Å². The van der Waals surface area contributed by atoms with E-state index in [9.17, 15) is 0 Å². The van der Waals surface area contributed by atoms with Gasteiger partial charge in [-0.2, -0.15) is 0 Å². The first-order chi connectivity index (χ1) is 8.68. The van der Waals surface area contributed by atoms with Crippen molar-refractivity contribution in [3.05, 3.63) is 60.1 Å². The summed E-state index contributed by atoms with van der Waals surface area (Å²) in [7, 11) is 0. The van der Waals surface area contributed by atoms with Crippen LogP contribution in [0.5, 0.6) is 0 Å². The van der Waals surface area contributed by atoms with Gasteiger partial charge >= 0.3 is 0 Å². The van der Waals surface area contributed by atoms with Gasteiger partial charge in [-0.3, -0.25) is 0 Å². The fraction of sp³-hybridized carbons (Fsp3) is 0.375. The lowest BCUT2D eigenvalue weighted by Gasteiger charge is -2.26. The van der Waals surface area contributed by atoms with Crippen LogP contribution in [0.3, 0.4) is 0 Å². The first-order valence-corrected chi connectivity index (χ1v) is 6.53. The van der Waals surface area contributed by atoms with Crippen molar-refractivity contribution in [1.29, 1.82) is 0 Å². The van der Waals surface area contributed by atoms with Gasteiger partial charge in [-0.1, -0.05) is 44.2 Å². The third-order valence-corrected chi connectivity index (χ3v) is 3.22. The van der Waals surface area contributed by atoms with E-state index in [0.29, 0.717) is 12.0 Å². The molecule has 2 rings (SSSR count). The minimum atomic E-state index is 0.215. The van der Waals surface area contributed by atoms with Crippen molar-refractivity contribution in [1.82, 2.24) is 5.32 Å². The zero-order chi connectivity index (χ0) is 13.0. The predicted molar refractivity (Wildman–Crippen MR) is 74.3 cm³/mol. The molecule has 0 saturated carbocycles. The molecule has 0 aliphatic rings. The van der Waals surface area contributed by atoms with Crippen LogP contribution >= 0.6 is 0 Å². The van der Waals surface area contributed by atoms with Crippen LogP contribution in [0.4, 0.5) is 0 Å². The van der Waals surface area contributed by atoms with Crippen molar-refractivity contribution in [3.8, 4) is 0 Å². The lowest BCUT2D eigenvalue weighted by molar-refractivity contribution is 0.340. The first-order valence-electron chi connectivity index (χ1n) is 6.53. The molecule has 2 nitrogen and oxygen atoms in total. The maximum absolute atomic E-state index is 5.45. The Morgan fingerprint density at radius 3 is 2.22 bits per heavy atom. The minimum absolute atomic E-state index is 0.215. The monoisotopic (exact) mass is 243 g/mol. The summed E-state index contributed by atoms with van der Waals surface area (Å²) in [4.78, 5) is 0. The topological polar surface area (TPSA) is 25.2 Å². The quantitative estimate of drug-likeness (QED) is 0.845. The molecule has 0 saturated heterocycles. The van der Waals surface area contributed by atoms with Gasteiger partial charge in [0.2, 0.25) is 0 Å². The molecule has 0 aliphatic heterocycles. The van der Waals surface area contributed by atoms with Crippen molar-refractivity contribution in [2.45, 2.75) is 32.9 Å². The van der Waals surface area contributed by atoms with E-state index in [0.717, 1.165) is 5.76 Å². The van der Waals surface area contributed by atoms with Gasteiger partial charge in [-0.25, -0.2) is 0 Å². The molecule has 1 unspecified atom stereocenters. The molecule has 0 bridgehead atoms. The zero-order valence-corrected chi connectivity index (χ0v) is 11.3. The molecule has 0 radical (unpaired) electrons. The molecule has 1 aromatic heterocycles. The second kappa shape index (κ2) is 5.87. The first kappa shape index (κ1) is 12.9. The Morgan fingerprint density at radius 2 is 1.67 bits per heavy atom. The average Bonchev–Trinajstić information content (AvgIpc) is 2.90. The second-order valence-electron chi connectivity index (χ2n) is 5.04. The van der Waals surface area contributed by atoms with Crippen LogP contribution < -0.4 is 5.32 Å². The number of nitrogens with one attached hydrogen (secondary N) is 1. The fourth-order valence-corrected chi connectivity index (χ4v) is 2.22. The maximum atomic E-state index is 5.45. The molecule has 2 aromatic rings. The third-order valence-electron chi connectivity index (χ3n) is 3.22. The summed E-state index contributed by atoms with van der Waals surface area (Å²) in [5.74, 6) is 1.52. The van der Waals surface area contributed by atoms with Crippen molar-refractivity contribution < 1.29 is 4.42 Å². The smallest absolute Gasteiger partial charge is 0.120 e. The highest BCUT2D eigenvalue weighted by Crippen LogP contribution is 2.25. The number of hydrogen-bond donors (Lipinski definition) is 1. The molecule has 2 atom stereocenters. The Labute approximate surface area is 109 Å². The van der Waals surface area contributed by atoms with E-state index in [1.807, 2.05) is 12.1 Å². The molecule has 0 aliphatic carbocycles. The molecule has 2 heteroatoms. The number of rotatable bonds is 5. The standard InChI is InChI=1S/C16H21NO/c1-12(2)16(14-8-5-4-6-9-14)17-13(3)15-10-7-11-18-15/h4-13,16-17H,1-3H3/t13-,16?/m1/s1. The summed E-state index contributed by atoms with van der Waals surface area (Å²) in [5, 5.41) is 3.64. The van der Waals surface area contributed by atoms with Crippen molar-refractivity contribution >= 4 is 0 Å². The van der Waals surface area contributed by atoms with Gasteiger partial charge in [0.1, 0.15) is 5.76 Å². The van der Waals surface area contributed by atoms with Crippen LogP contribution in [0.2, 0.25) is 0 Å². The molecule has 1 N–H and O–H groups in total. The SMILES string of the molecule is CC(C)C(N[C@H](C)c1ccco1)c1ccccc1. The van der Waals surface area contributed by atoms with Crippen molar-refractivity contribution in [2.75, 3.05) is 0 Å². The average molecular weight is 243 g/mol. The van der Waals surface area contributed by atoms with Gasteiger partial charge in [0.25, 0.3) is 0 Å². The van der Waals surface area contributed by atoms with Crippen LogP contribution in [0.15, 0.2) is 53.1 Å². The van der Waals surface area contributed by atoms with E-state index in [1.165, 1.54) is 5.56 Å². The Hall–Kier alpha value is -1.54. The minimum Gasteiger partial charge on any atom is -0.468 e. The zero-order valence-electron chi connectivity index (χ0n) is 11.3. The molecule has 0 fully saturated rings. The second-order valence-corrected chi connectivity index (χ2v) is 5.04. The largest absolute Gasteiger partial charge is 0.468 e. The summed E-state index contributed by atoms with van der Waals surface area (Å²) in [6.07, 6.45) is 1.72. The summed E-state index contributed by atoms with van der Waals surface area (Å²) >= 11 is 0. The lowest BCUT2D eigenvalue weighted by atomic mass is 9.95. The van der Waals surface area contributed by atoms with Crippen LogP contribution in [0.1, 0.15) is 44.2 Å². The van der Waals surface area contributed by atoms with Crippen molar-refractivity contribution in [2.24, 2.45) is 5.92 Å². The van der Waals surface area contributed by atoms with Crippen LogP contribution in [0, 0.1) is 5.92 Å². The highest BCUT2D eigenvalue weighted by atomic mass is 16.3. The molecule has 1 aromatic carbocycles. The Kier molecular flexibility index (Phi) is 4.21. The molecule has 96 valence electrons. The van der Waals surface area contributed by atoms with Gasteiger partial charge < -0.3 is 9.73 Å². The summed E-state index contributed by atoms with van der Waals surface area (Å²) in [5.41, 5.74) is 1.32. The molecule has 0 amide bonds. The van der Waals surface area contributed by atoms with Crippen molar-refractivity contribution in [3.63, 3.8) is 0 Å². The van der Waals surface area contributed by atoms with Crippen LogP contribution in [-0.4, -0.2) is 0 Å². The maximum Gasteiger partial charge on any atom is 0.120 e. The number of hydrogen-bond acceptors (Lipinski definition) is 2. The summed E-state index contributed by atoms with van der Waals surface area (Å²) in [6, 6.07) is 15.1. The van der Waals surface area contributed by atoms with Crippen LogP contribution in [0.25, 0.3) is 0 Å². The number of benzene rings is 1. The normalized spacial score (nSPS) is 14.7. The van der Waals surface area contributed by atoms with Gasteiger partial charge in [-0.05, 0) is 30.5 Å². The Morgan fingerprint density at radius 1 is 0.944 bits per heavy atom. The number of furan rings is 1. The summed E-state index contributed by atoms with van der Waals surface area (Å²) < 4.78 is 5.45. The van der Waals surface area contributed by atoms with Crippen LogP contribution in [-0.2, 0) is 0 Å². The van der Waals surface area contributed by atoms with E-state index >= 15 is 0 Å². The van der Waals surface area contributed by atoms with E-state index in [2.05, 4.69) is 56.4 Å². The highest BCUT2D eigenvalue weighted by Gasteiger charge is 2.19. The molecule has 0 spiro atoms. The van der Waals surface area contributed by atoms with Gasteiger partial charge in [0.15, 0.2) is 0 Å². The molecular weight excluding hydrogens is 222 g/mol. The molecular formula is C16H21NO. The van der Waals surface area contributed by atoms with E-state index < -0.39 is 0 Å². The Bertz CT molecular complexity index is 447.